The SMILES string of the molecule is CC[C@H](C)[C@H](CO)N1C(=O)[C@@H]2[C@@H]3C(=O)OCCC=C[C@]3(C)O[C@@]23C=CCN(C(C)(C)C)C(=O)C13. The third kappa shape index (κ3) is 3.52. The van der Waals surface area contributed by atoms with Crippen molar-refractivity contribution in [2.24, 2.45) is 17.8 Å². The van der Waals surface area contributed by atoms with Gasteiger partial charge in [0.15, 0.2) is 0 Å². The quantitative estimate of drug-likeness (QED) is 0.495. The molecule has 0 bridgehead atoms. The van der Waals surface area contributed by atoms with Crippen molar-refractivity contribution in [3.05, 3.63) is 24.3 Å². The zero-order chi connectivity index (χ0) is 25.1. The topological polar surface area (TPSA) is 96.4 Å². The number of amides is 2. The Bertz CT molecular complexity index is 923. The number of carbonyl (C=O) groups is 3. The maximum absolute atomic E-state index is 14.2. The molecule has 0 aromatic rings. The van der Waals surface area contributed by atoms with E-state index in [-0.39, 0.29) is 30.9 Å². The number of carbonyl (C=O) groups excluding carboxylic acids is 3. The lowest BCUT2D eigenvalue weighted by Gasteiger charge is -2.44. The summed E-state index contributed by atoms with van der Waals surface area (Å²) in [7, 11) is 0. The number of aliphatic hydroxyl groups excluding tert-OH is 1. The number of esters is 1. The Kier molecular flexibility index (Phi) is 6.22. The molecule has 1 N–H and O–H groups in total. The van der Waals surface area contributed by atoms with Crippen LogP contribution in [0.5, 0.6) is 0 Å². The molecule has 2 amide bonds. The maximum Gasteiger partial charge on any atom is 0.313 e. The van der Waals surface area contributed by atoms with Crippen LogP contribution in [0.2, 0.25) is 0 Å². The second-order valence-corrected chi connectivity index (χ2v) is 11.3. The van der Waals surface area contributed by atoms with Crippen molar-refractivity contribution in [2.45, 2.75) is 83.2 Å². The number of rotatable bonds is 4. The first-order chi connectivity index (χ1) is 15.9. The highest BCUT2D eigenvalue weighted by Gasteiger charge is 2.75. The van der Waals surface area contributed by atoms with Gasteiger partial charge in [0.2, 0.25) is 11.8 Å². The molecule has 0 aliphatic carbocycles. The first-order valence-corrected chi connectivity index (χ1v) is 12.4. The van der Waals surface area contributed by atoms with Crippen LogP contribution in [0.4, 0.5) is 0 Å². The van der Waals surface area contributed by atoms with Crippen molar-refractivity contribution in [3.63, 3.8) is 0 Å². The fourth-order valence-corrected chi connectivity index (χ4v) is 6.20. The van der Waals surface area contributed by atoms with Crippen molar-refractivity contribution < 1.29 is 29.0 Å². The normalized spacial score (nSPS) is 37.4. The highest BCUT2D eigenvalue weighted by Crippen LogP contribution is 2.58. The summed E-state index contributed by atoms with van der Waals surface area (Å²) in [6.07, 6.45) is 8.75. The van der Waals surface area contributed by atoms with Crippen LogP contribution in [0.1, 0.15) is 54.4 Å². The number of nitrogens with zero attached hydrogens (tertiary/aromatic N) is 2. The Balaban J connectivity index is 1.93. The Morgan fingerprint density at radius 1 is 1.15 bits per heavy atom. The molecule has 8 heteroatoms. The van der Waals surface area contributed by atoms with Crippen LogP contribution in [0.15, 0.2) is 24.3 Å². The van der Waals surface area contributed by atoms with E-state index in [0.717, 1.165) is 6.42 Å². The smallest absolute Gasteiger partial charge is 0.313 e. The molecule has 7 atom stereocenters. The predicted molar refractivity (Wildman–Crippen MR) is 125 cm³/mol. The molecule has 4 heterocycles. The van der Waals surface area contributed by atoms with Gasteiger partial charge in [-0.05, 0) is 40.0 Å². The predicted octanol–water partition coefficient (Wildman–Crippen LogP) is 2.06. The monoisotopic (exact) mass is 474 g/mol. The minimum Gasteiger partial charge on any atom is -0.465 e. The van der Waals surface area contributed by atoms with Crippen molar-refractivity contribution in [1.29, 1.82) is 0 Å². The van der Waals surface area contributed by atoms with E-state index in [2.05, 4.69) is 0 Å². The second-order valence-electron chi connectivity index (χ2n) is 11.3. The van der Waals surface area contributed by atoms with E-state index in [4.69, 9.17) is 9.47 Å². The number of hydrogen-bond acceptors (Lipinski definition) is 6. The van der Waals surface area contributed by atoms with E-state index in [1.54, 1.807) is 11.8 Å². The molecule has 4 aliphatic rings. The van der Waals surface area contributed by atoms with Gasteiger partial charge in [0.25, 0.3) is 0 Å². The highest BCUT2D eigenvalue weighted by atomic mass is 16.6. The molecule has 34 heavy (non-hydrogen) atoms. The van der Waals surface area contributed by atoms with Crippen LogP contribution in [-0.2, 0) is 23.9 Å². The number of cyclic esters (lactones) is 1. The minimum absolute atomic E-state index is 0.0523. The zero-order valence-corrected chi connectivity index (χ0v) is 21.1. The van der Waals surface area contributed by atoms with Gasteiger partial charge in [-0.15, -0.1) is 0 Å². The van der Waals surface area contributed by atoms with E-state index < -0.39 is 46.6 Å². The number of aliphatic hydroxyl groups is 1. The van der Waals surface area contributed by atoms with E-state index in [1.807, 2.05) is 58.9 Å². The van der Waals surface area contributed by atoms with Crippen LogP contribution < -0.4 is 0 Å². The summed E-state index contributed by atoms with van der Waals surface area (Å²) in [6.45, 7) is 12.0. The molecular formula is C26H38N2O6. The second kappa shape index (κ2) is 8.48. The standard InChI is InChI=1S/C26H38N2O6/c1-7-16(2)17(15-29)28-20-22(31)27(24(3,4)5)13-10-12-26(20)18(21(28)30)19-23(32)33-14-9-8-11-25(19,6)34-26/h8,10-12,16-20,29H,7,9,13-15H2,1-6H3/t16-,17-,18-,19+,20?,25-,26-/m0/s1. The third-order valence-corrected chi connectivity index (χ3v) is 8.11. The lowest BCUT2D eigenvalue weighted by Crippen LogP contribution is -2.62. The summed E-state index contributed by atoms with van der Waals surface area (Å²) in [5, 5.41) is 10.4. The van der Waals surface area contributed by atoms with Gasteiger partial charge in [-0.1, -0.05) is 44.6 Å². The van der Waals surface area contributed by atoms with Gasteiger partial charge in [0.1, 0.15) is 17.6 Å². The van der Waals surface area contributed by atoms with Crippen molar-refractivity contribution in [2.75, 3.05) is 19.8 Å². The van der Waals surface area contributed by atoms with E-state index >= 15 is 0 Å². The lowest BCUT2D eigenvalue weighted by molar-refractivity contribution is -0.163. The van der Waals surface area contributed by atoms with E-state index in [0.29, 0.717) is 13.0 Å². The van der Waals surface area contributed by atoms with Gasteiger partial charge < -0.3 is 24.4 Å². The molecule has 4 rings (SSSR count). The highest BCUT2D eigenvalue weighted by molar-refractivity contribution is 5.99. The Morgan fingerprint density at radius 2 is 1.85 bits per heavy atom. The molecule has 0 saturated carbocycles. The Morgan fingerprint density at radius 3 is 2.47 bits per heavy atom. The molecule has 188 valence electrons. The molecule has 0 radical (unpaired) electrons. The molecule has 8 nitrogen and oxygen atoms in total. The molecule has 1 spiro atoms. The van der Waals surface area contributed by atoms with Gasteiger partial charge in [-0.2, -0.15) is 0 Å². The summed E-state index contributed by atoms with van der Waals surface area (Å²) in [4.78, 5) is 45.0. The molecule has 0 aromatic carbocycles. The van der Waals surface area contributed by atoms with Crippen LogP contribution in [0, 0.1) is 17.8 Å². The van der Waals surface area contributed by atoms with Crippen LogP contribution in [0.25, 0.3) is 0 Å². The van der Waals surface area contributed by atoms with Crippen LogP contribution in [0.3, 0.4) is 0 Å². The summed E-state index contributed by atoms with van der Waals surface area (Å²) in [5.74, 6) is -2.91. The van der Waals surface area contributed by atoms with E-state index in [1.165, 1.54) is 4.90 Å². The average Bonchev–Trinajstić information content (AvgIpc) is 3.07. The summed E-state index contributed by atoms with van der Waals surface area (Å²) in [5.41, 5.74) is -2.91. The van der Waals surface area contributed by atoms with Gasteiger partial charge in [0.05, 0.1) is 30.8 Å². The summed E-state index contributed by atoms with van der Waals surface area (Å²) >= 11 is 0. The van der Waals surface area contributed by atoms with Crippen LogP contribution in [-0.4, -0.2) is 81.3 Å². The minimum atomic E-state index is -1.33. The first-order valence-electron chi connectivity index (χ1n) is 12.4. The molecule has 0 aromatic heterocycles. The van der Waals surface area contributed by atoms with Crippen molar-refractivity contribution >= 4 is 17.8 Å². The fraction of sp³-hybridized carbons (Fsp3) is 0.731. The number of hydrogen-bond donors (Lipinski definition) is 1. The third-order valence-electron chi connectivity index (χ3n) is 8.11. The van der Waals surface area contributed by atoms with Crippen molar-refractivity contribution in [1.82, 2.24) is 9.80 Å². The van der Waals surface area contributed by atoms with E-state index in [9.17, 15) is 19.5 Å². The van der Waals surface area contributed by atoms with Gasteiger partial charge in [-0.25, -0.2) is 0 Å². The number of likely N-dealkylation sites (tertiary alicyclic amines) is 1. The van der Waals surface area contributed by atoms with Gasteiger partial charge >= 0.3 is 5.97 Å². The largest absolute Gasteiger partial charge is 0.465 e. The fourth-order valence-electron chi connectivity index (χ4n) is 6.20. The van der Waals surface area contributed by atoms with Crippen molar-refractivity contribution in [3.8, 4) is 0 Å². The average molecular weight is 475 g/mol. The van der Waals surface area contributed by atoms with Crippen LogP contribution >= 0.6 is 0 Å². The maximum atomic E-state index is 14.2. The number of ether oxygens (including phenoxy) is 2. The molecule has 2 saturated heterocycles. The summed E-state index contributed by atoms with van der Waals surface area (Å²) < 4.78 is 12.2. The Hall–Kier alpha value is -2.19. The Labute approximate surface area is 201 Å². The molecule has 4 aliphatic heterocycles. The lowest BCUT2D eigenvalue weighted by atomic mass is 9.74. The zero-order valence-electron chi connectivity index (χ0n) is 21.1. The molecular weight excluding hydrogens is 436 g/mol. The number of fused-ring (bicyclic) bond motifs is 2. The van der Waals surface area contributed by atoms with Gasteiger partial charge in [-0.3, -0.25) is 14.4 Å². The molecule has 1 unspecified atom stereocenters. The summed E-state index contributed by atoms with van der Waals surface area (Å²) in [6, 6.07) is -1.56. The molecule has 2 fully saturated rings. The van der Waals surface area contributed by atoms with Gasteiger partial charge in [0, 0.05) is 12.1 Å². The first kappa shape index (κ1) is 24.9.